The topological polar surface area (TPSA) is 75.6 Å². The monoisotopic (exact) mass is 231 g/mol. The Bertz CT molecular complexity index is 313. The molecule has 2 N–H and O–H groups in total. The quantitative estimate of drug-likeness (QED) is 0.692. The SMILES string of the molecule is CCOC(=O)[C@@H]1CSC(C)=C(C(=O)O)N1. The van der Waals surface area contributed by atoms with Crippen molar-refractivity contribution in [1.29, 1.82) is 0 Å². The third-order valence-electron chi connectivity index (χ3n) is 1.92. The number of rotatable bonds is 3. The molecule has 0 unspecified atom stereocenters. The summed E-state index contributed by atoms with van der Waals surface area (Å²) in [6.45, 7) is 3.72. The number of carbonyl (C=O) groups is 2. The fourth-order valence-electron chi connectivity index (χ4n) is 1.18. The van der Waals surface area contributed by atoms with E-state index in [0.717, 1.165) is 0 Å². The van der Waals surface area contributed by atoms with Gasteiger partial charge in [-0.2, -0.15) is 0 Å². The fraction of sp³-hybridized carbons (Fsp3) is 0.556. The third kappa shape index (κ3) is 2.89. The number of ether oxygens (including phenoxy) is 1. The van der Waals surface area contributed by atoms with Crippen LogP contribution in [0.5, 0.6) is 0 Å². The Balaban J connectivity index is 2.70. The Morgan fingerprint density at radius 3 is 2.87 bits per heavy atom. The van der Waals surface area contributed by atoms with Crippen LogP contribution in [0.3, 0.4) is 0 Å². The summed E-state index contributed by atoms with van der Waals surface area (Å²) in [5.74, 6) is -0.952. The second-order valence-corrected chi connectivity index (χ2v) is 4.23. The van der Waals surface area contributed by atoms with Crippen LogP contribution >= 0.6 is 11.8 Å². The van der Waals surface area contributed by atoms with Crippen LogP contribution in [0, 0.1) is 0 Å². The average molecular weight is 231 g/mol. The van der Waals surface area contributed by atoms with Crippen molar-refractivity contribution < 1.29 is 19.4 Å². The summed E-state index contributed by atoms with van der Waals surface area (Å²) in [4.78, 5) is 22.8. The van der Waals surface area contributed by atoms with Crippen LogP contribution in [-0.4, -0.2) is 35.4 Å². The lowest BCUT2D eigenvalue weighted by Gasteiger charge is -2.24. The molecular weight excluding hydrogens is 218 g/mol. The summed E-state index contributed by atoms with van der Waals surface area (Å²) in [7, 11) is 0. The average Bonchev–Trinajstić information content (AvgIpc) is 2.18. The van der Waals surface area contributed by atoms with Crippen molar-refractivity contribution in [3.8, 4) is 0 Å². The minimum absolute atomic E-state index is 0.0873. The molecule has 1 aliphatic rings. The van der Waals surface area contributed by atoms with Gasteiger partial charge in [0.2, 0.25) is 0 Å². The molecule has 0 aliphatic carbocycles. The molecule has 0 fully saturated rings. The molecule has 1 rings (SSSR count). The molecule has 1 atom stereocenters. The van der Waals surface area contributed by atoms with Gasteiger partial charge in [-0.3, -0.25) is 0 Å². The molecule has 0 radical (unpaired) electrons. The van der Waals surface area contributed by atoms with Gasteiger partial charge in [0.25, 0.3) is 0 Å². The number of thioether (sulfide) groups is 1. The highest BCUT2D eigenvalue weighted by atomic mass is 32.2. The van der Waals surface area contributed by atoms with Crippen molar-refractivity contribution in [2.75, 3.05) is 12.4 Å². The number of hydrogen-bond acceptors (Lipinski definition) is 5. The smallest absolute Gasteiger partial charge is 0.352 e. The van der Waals surface area contributed by atoms with E-state index in [2.05, 4.69) is 5.32 Å². The zero-order chi connectivity index (χ0) is 11.4. The van der Waals surface area contributed by atoms with Gasteiger partial charge in [0.15, 0.2) is 0 Å². The van der Waals surface area contributed by atoms with E-state index in [1.54, 1.807) is 13.8 Å². The Hall–Kier alpha value is -1.17. The fourth-order valence-corrected chi connectivity index (χ4v) is 2.11. The summed E-state index contributed by atoms with van der Waals surface area (Å²) in [5.41, 5.74) is 0.0873. The first kappa shape index (κ1) is 11.9. The molecule has 0 bridgehead atoms. The van der Waals surface area contributed by atoms with Crippen molar-refractivity contribution in [2.45, 2.75) is 19.9 Å². The Morgan fingerprint density at radius 2 is 2.33 bits per heavy atom. The van der Waals surface area contributed by atoms with E-state index in [-0.39, 0.29) is 5.70 Å². The zero-order valence-corrected chi connectivity index (χ0v) is 9.39. The van der Waals surface area contributed by atoms with Gasteiger partial charge in [-0.25, -0.2) is 9.59 Å². The van der Waals surface area contributed by atoms with Gasteiger partial charge in [0, 0.05) is 10.7 Å². The number of carboxylic acids is 1. The first-order chi connectivity index (χ1) is 7.06. The predicted molar refractivity (Wildman–Crippen MR) is 56.4 cm³/mol. The molecule has 6 heteroatoms. The van der Waals surface area contributed by atoms with Gasteiger partial charge in [0.1, 0.15) is 11.7 Å². The van der Waals surface area contributed by atoms with Crippen LogP contribution < -0.4 is 5.32 Å². The van der Waals surface area contributed by atoms with Crippen molar-refractivity contribution in [2.24, 2.45) is 0 Å². The molecule has 0 amide bonds. The van der Waals surface area contributed by atoms with E-state index in [1.165, 1.54) is 11.8 Å². The maximum atomic E-state index is 11.4. The van der Waals surface area contributed by atoms with Gasteiger partial charge in [-0.05, 0) is 13.8 Å². The molecule has 15 heavy (non-hydrogen) atoms. The highest BCUT2D eigenvalue weighted by molar-refractivity contribution is 8.03. The van der Waals surface area contributed by atoms with Crippen LogP contribution in [-0.2, 0) is 14.3 Å². The first-order valence-electron chi connectivity index (χ1n) is 4.56. The van der Waals surface area contributed by atoms with Gasteiger partial charge in [0.05, 0.1) is 6.61 Å². The number of hydrogen-bond donors (Lipinski definition) is 2. The van der Waals surface area contributed by atoms with Gasteiger partial charge >= 0.3 is 11.9 Å². The maximum absolute atomic E-state index is 11.4. The molecule has 0 aromatic heterocycles. The zero-order valence-electron chi connectivity index (χ0n) is 8.57. The second-order valence-electron chi connectivity index (χ2n) is 3.00. The van der Waals surface area contributed by atoms with Crippen LogP contribution in [0.15, 0.2) is 10.6 Å². The number of carbonyl (C=O) groups excluding carboxylic acids is 1. The number of nitrogens with one attached hydrogen (secondary N) is 1. The van der Waals surface area contributed by atoms with E-state index in [1.807, 2.05) is 0 Å². The standard InChI is InChI=1S/C9H13NO4S/c1-3-14-9(13)6-4-15-5(2)7(10-6)8(11)12/h6,10H,3-4H2,1-2H3,(H,11,12)/t6-/m0/s1. The summed E-state index contributed by atoms with van der Waals surface area (Å²) >= 11 is 1.35. The van der Waals surface area contributed by atoms with Crippen LogP contribution in [0.25, 0.3) is 0 Å². The lowest BCUT2D eigenvalue weighted by Crippen LogP contribution is -2.43. The van der Waals surface area contributed by atoms with E-state index in [9.17, 15) is 9.59 Å². The van der Waals surface area contributed by atoms with E-state index < -0.39 is 18.0 Å². The van der Waals surface area contributed by atoms with Gasteiger partial charge in [-0.15, -0.1) is 11.8 Å². The minimum atomic E-state index is -1.05. The number of esters is 1. The largest absolute Gasteiger partial charge is 0.477 e. The number of aliphatic carboxylic acids is 1. The summed E-state index contributed by atoms with van der Waals surface area (Å²) in [5, 5.41) is 11.5. The molecule has 84 valence electrons. The van der Waals surface area contributed by atoms with Gasteiger partial charge in [-0.1, -0.05) is 0 Å². The lowest BCUT2D eigenvalue weighted by atomic mass is 10.3. The van der Waals surface area contributed by atoms with Crippen molar-refractivity contribution >= 4 is 23.7 Å². The van der Waals surface area contributed by atoms with Crippen molar-refractivity contribution in [3.63, 3.8) is 0 Å². The minimum Gasteiger partial charge on any atom is -0.477 e. The highest BCUT2D eigenvalue weighted by Gasteiger charge is 2.28. The van der Waals surface area contributed by atoms with E-state index in [0.29, 0.717) is 17.3 Å². The highest BCUT2D eigenvalue weighted by Crippen LogP contribution is 2.24. The van der Waals surface area contributed by atoms with E-state index >= 15 is 0 Å². The molecule has 1 aliphatic heterocycles. The van der Waals surface area contributed by atoms with Crippen LogP contribution in [0.4, 0.5) is 0 Å². The Kier molecular flexibility index (Phi) is 4.02. The van der Waals surface area contributed by atoms with Crippen molar-refractivity contribution in [3.05, 3.63) is 10.6 Å². The first-order valence-corrected chi connectivity index (χ1v) is 5.55. The van der Waals surface area contributed by atoms with Crippen molar-refractivity contribution in [1.82, 2.24) is 5.32 Å². The molecule has 0 aromatic carbocycles. The second kappa shape index (κ2) is 5.06. The predicted octanol–water partition coefficient (Wildman–Crippen LogP) is 0.571. The summed E-state index contributed by atoms with van der Waals surface area (Å²) < 4.78 is 4.81. The number of carboxylic acid groups (broad SMARTS) is 1. The van der Waals surface area contributed by atoms with Crippen LogP contribution in [0.2, 0.25) is 0 Å². The molecule has 0 spiro atoms. The van der Waals surface area contributed by atoms with Crippen LogP contribution in [0.1, 0.15) is 13.8 Å². The normalized spacial score (nSPS) is 20.8. The maximum Gasteiger partial charge on any atom is 0.352 e. The molecular formula is C9H13NO4S. The Labute approximate surface area is 91.9 Å². The summed E-state index contributed by atoms with van der Waals surface area (Å²) in [6, 6.07) is -0.565. The molecule has 1 heterocycles. The Morgan fingerprint density at radius 1 is 1.67 bits per heavy atom. The molecule has 0 aromatic rings. The summed E-state index contributed by atoms with van der Waals surface area (Å²) in [6.07, 6.45) is 0. The van der Waals surface area contributed by atoms with E-state index in [4.69, 9.17) is 9.84 Å². The lowest BCUT2D eigenvalue weighted by molar-refractivity contribution is -0.144. The third-order valence-corrected chi connectivity index (χ3v) is 3.06. The van der Waals surface area contributed by atoms with Gasteiger partial charge < -0.3 is 15.2 Å². The molecule has 0 saturated heterocycles. The molecule has 5 nitrogen and oxygen atoms in total. The number of allylic oxidation sites excluding steroid dienone is 1. The molecule has 0 saturated carbocycles.